The zero-order valence-electron chi connectivity index (χ0n) is 22.4. The molecule has 0 radical (unpaired) electrons. The minimum Gasteiger partial charge on any atom is -0.388 e. The molecule has 3 aliphatic rings. The quantitative estimate of drug-likeness (QED) is 0.146. The molecule has 0 bridgehead atoms. The van der Waals surface area contributed by atoms with Gasteiger partial charge in [-0.3, -0.25) is 32.4 Å². The number of aromatic nitrogens is 8. The number of anilines is 2. The van der Waals surface area contributed by atoms with Crippen molar-refractivity contribution in [3.8, 4) is 0 Å². The number of nitrogens with two attached hydrogens (primary N) is 2. The fraction of sp³-hybridized carbons (Fsp3) is 0.524. The molecule has 0 amide bonds. The Bertz CT molecular complexity index is 1900. The first-order valence-corrected chi connectivity index (χ1v) is 16.2. The van der Waals surface area contributed by atoms with Crippen LogP contribution in [-0.4, -0.2) is 91.6 Å². The molecule has 4 unspecified atom stereocenters. The van der Waals surface area contributed by atoms with Crippen molar-refractivity contribution in [3.05, 3.63) is 29.3 Å². The maximum atomic E-state index is 13.1. The molecule has 0 aromatic carbocycles. The minimum absolute atomic E-state index is 0.0294. The molecule has 0 spiro atoms. The van der Waals surface area contributed by atoms with E-state index in [9.17, 15) is 28.8 Å². The van der Waals surface area contributed by atoms with Crippen LogP contribution in [0.5, 0.6) is 0 Å². The van der Waals surface area contributed by atoms with Gasteiger partial charge in [0.15, 0.2) is 22.6 Å². The molecule has 2 saturated heterocycles. The second-order valence-electron chi connectivity index (χ2n) is 10.5. The number of nitrogen functional groups attached to an aromatic ring is 2. The molecule has 8 N–H and O–H groups in total. The number of aliphatic hydroxyl groups is 1. The van der Waals surface area contributed by atoms with E-state index in [2.05, 4.69) is 29.9 Å². The van der Waals surface area contributed by atoms with E-state index in [0.717, 1.165) is 0 Å². The molecule has 1 aliphatic carbocycles. The number of hydrogen-bond acceptors (Lipinski definition) is 16. The van der Waals surface area contributed by atoms with E-state index in [4.69, 9.17) is 34.3 Å². The average molecular weight is 656 g/mol. The lowest BCUT2D eigenvalue weighted by atomic mass is 10.1. The molecule has 4 aromatic rings. The Morgan fingerprint density at radius 3 is 2.45 bits per heavy atom. The Labute approximate surface area is 245 Å². The van der Waals surface area contributed by atoms with Gasteiger partial charge >= 0.3 is 15.6 Å². The highest BCUT2D eigenvalue weighted by atomic mass is 31.2. The number of aliphatic hydroxyl groups excluding tert-OH is 1. The maximum Gasteiger partial charge on any atom is 0.472 e. The van der Waals surface area contributed by atoms with Crippen molar-refractivity contribution < 1.29 is 46.9 Å². The molecule has 23 heteroatoms. The highest BCUT2D eigenvalue weighted by Gasteiger charge is 2.51. The van der Waals surface area contributed by atoms with E-state index in [1.165, 1.54) is 28.1 Å². The smallest absolute Gasteiger partial charge is 0.388 e. The number of rotatable bonds is 2. The average Bonchev–Trinajstić information content (AvgIpc) is 3.72. The summed E-state index contributed by atoms with van der Waals surface area (Å²) >= 11 is 0. The van der Waals surface area contributed by atoms with Gasteiger partial charge in [0.2, 0.25) is 5.95 Å². The van der Waals surface area contributed by atoms with Crippen LogP contribution in [0.4, 0.5) is 11.8 Å². The molecular weight excluding hydrogens is 630 g/mol. The second-order valence-corrected chi connectivity index (χ2v) is 13.3. The van der Waals surface area contributed by atoms with Crippen molar-refractivity contribution in [1.29, 1.82) is 0 Å². The zero-order chi connectivity index (χ0) is 31.0. The molecule has 4 aromatic heterocycles. The maximum absolute atomic E-state index is 13.1. The Morgan fingerprint density at radius 2 is 1.64 bits per heavy atom. The van der Waals surface area contributed by atoms with Crippen LogP contribution in [0.15, 0.2) is 23.8 Å². The van der Waals surface area contributed by atoms with E-state index in [-0.39, 0.29) is 41.3 Å². The predicted octanol–water partition coefficient (Wildman–Crippen LogP) is -0.649. The van der Waals surface area contributed by atoms with Gasteiger partial charge < -0.3 is 35.7 Å². The molecule has 21 nitrogen and oxygen atoms in total. The number of nitrogens with zero attached hydrogens (tertiary/aromatic N) is 7. The van der Waals surface area contributed by atoms with Gasteiger partial charge in [0.05, 0.1) is 31.9 Å². The first-order chi connectivity index (χ1) is 20.9. The number of aromatic amines is 1. The number of ether oxygens (including phenoxy) is 1. The Morgan fingerprint density at radius 1 is 0.909 bits per heavy atom. The number of phosphoric acid groups is 2. The van der Waals surface area contributed by atoms with E-state index in [1.807, 2.05) is 0 Å². The van der Waals surface area contributed by atoms with Crippen molar-refractivity contribution in [2.24, 2.45) is 5.92 Å². The van der Waals surface area contributed by atoms with E-state index < -0.39 is 77.0 Å². The molecule has 3 fully saturated rings. The minimum atomic E-state index is -4.87. The van der Waals surface area contributed by atoms with Gasteiger partial charge in [0, 0.05) is 12.3 Å². The molecule has 6 heterocycles. The van der Waals surface area contributed by atoms with Crippen LogP contribution in [0.1, 0.15) is 25.1 Å². The topological polar surface area (TPSA) is 300 Å². The van der Waals surface area contributed by atoms with Crippen LogP contribution in [0.2, 0.25) is 0 Å². The Balaban J connectivity index is 1.15. The number of imidazole rings is 2. The van der Waals surface area contributed by atoms with Gasteiger partial charge in [0.25, 0.3) is 5.56 Å². The molecule has 1 saturated carbocycles. The summed E-state index contributed by atoms with van der Waals surface area (Å²) in [5.74, 6) is -0.938. The molecule has 44 heavy (non-hydrogen) atoms. The molecule has 7 rings (SSSR count). The van der Waals surface area contributed by atoms with Crippen LogP contribution in [0.3, 0.4) is 0 Å². The summed E-state index contributed by atoms with van der Waals surface area (Å²) in [4.78, 5) is 56.2. The van der Waals surface area contributed by atoms with Crippen LogP contribution in [0, 0.1) is 5.92 Å². The van der Waals surface area contributed by atoms with E-state index in [0.29, 0.717) is 5.65 Å². The Hall–Kier alpha value is -3.36. The highest BCUT2D eigenvalue weighted by molar-refractivity contribution is 7.47. The normalized spacial score (nSPS) is 36.6. The fourth-order valence-corrected chi connectivity index (χ4v) is 7.82. The highest BCUT2D eigenvalue weighted by Crippen LogP contribution is 2.55. The third kappa shape index (κ3) is 5.20. The van der Waals surface area contributed by atoms with Crippen molar-refractivity contribution in [2.45, 2.75) is 49.5 Å². The first-order valence-electron chi connectivity index (χ1n) is 13.2. The summed E-state index contributed by atoms with van der Waals surface area (Å²) in [6.45, 7) is -1.13. The number of fused-ring (bicyclic) bond motifs is 4. The summed E-state index contributed by atoms with van der Waals surface area (Å²) in [7, 11) is -9.64. The van der Waals surface area contributed by atoms with Gasteiger partial charge in [0.1, 0.15) is 42.5 Å². The number of nitrogens with one attached hydrogen (secondary N) is 1. The van der Waals surface area contributed by atoms with Gasteiger partial charge in [-0.2, -0.15) is 4.98 Å². The van der Waals surface area contributed by atoms with E-state index in [1.54, 1.807) is 0 Å². The summed E-state index contributed by atoms with van der Waals surface area (Å²) < 4.78 is 56.4. The third-order valence-corrected chi connectivity index (χ3v) is 9.80. The summed E-state index contributed by atoms with van der Waals surface area (Å²) in [5.41, 5.74) is 11.6. The lowest BCUT2D eigenvalue weighted by Gasteiger charge is -2.28. The third-order valence-electron chi connectivity index (χ3n) is 7.80. The summed E-state index contributed by atoms with van der Waals surface area (Å²) in [6.07, 6.45) is -2.31. The zero-order valence-corrected chi connectivity index (χ0v) is 24.2. The largest absolute Gasteiger partial charge is 0.472 e. The Kier molecular flexibility index (Phi) is 7.09. The van der Waals surface area contributed by atoms with Crippen molar-refractivity contribution >= 4 is 49.7 Å². The van der Waals surface area contributed by atoms with Crippen molar-refractivity contribution in [1.82, 2.24) is 39.0 Å². The number of phosphoric ester groups is 2. The lowest BCUT2D eigenvalue weighted by Crippen LogP contribution is -2.34. The van der Waals surface area contributed by atoms with Crippen LogP contribution < -0.4 is 17.0 Å². The number of hydrogen-bond donors (Lipinski definition) is 6. The fourth-order valence-electron chi connectivity index (χ4n) is 5.81. The van der Waals surface area contributed by atoms with Crippen molar-refractivity contribution in [3.63, 3.8) is 0 Å². The molecule has 236 valence electrons. The van der Waals surface area contributed by atoms with Gasteiger partial charge in [-0.1, -0.05) is 0 Å². The molecule has 2 aliphatic heterocycles. The standard InChI is InChI=1S/C21H26N10O11P2/c22-17-13-18(25-5-24-17)30(6-26-13)9-1-8-3-38-43(34,35)41-10-2-12(31-7-27-14-19(31)28-21(23)29-20(14)33)40-11(10)4-39-44(36,37)42-16(8)15(9)32/h5-12,15-16,32H,1-4H2,(H,34,35)(H,36,37)(H2,22,24,25)(H3,23,28,29,33)/t8-,9-,10?,11-,12-,15?,16+/m1/s1. The lowest BCUT2D eigenvalue weighted by molar-refractivity contribution is -0.0585. The summed E-state index contributed by atoms with van der Waals surface area (Å²) in [6, 6.07) is -0.805. The molecule has 9 atom stereocenters. The van der Waals surface area contributed by atoms with E-state index >= 15 is 0 Å². The van der Waals surface area contributed by atoms with Crippen LogP contribution in [0.25, 0.3) is 22.3 Å². The SMILES string of the molecule is Nc1nc2c(ncn2[C@H]2CC3OP(=O)(O)OC[C@H]4C[C@@H](n5cnc6c(N)ncnc65)C(O)[C@H]4OP(=O)(O)OC[C@H]3O2)c(=O)[nH]1. The van der Waals surface area contributed by atoms with Gasteiger partial charge in [-0.05, 0) is 6.42 Å². The van der Waals surface area contributed by atoms with Crippen molar-refractivity contribution in [2.75, 3.05) is 24.7 Å². The van der Waals surface area contributed by atoms with Gasteiger partial charge in [-0.25, -0.2) is 29.1 Å². The van der Waals surface area contributed by atoms with Crippen LogP contribution in [-0.2, 0) is 32.0 Å². The monoisotopic (exact) mass is 656 g/mol. The first kappa shape index (κ1) is 29.4. The second kappa shape index (κ2) is 10.6. The predicted molar refractivity (Wildman–Crippen MR) is 145 cm³/mol. The van der Waals surface area contributed by atoms with Crippen LogP contribution >= 0.6 is 15.6 Å². The number of H-pyrrole nitrogens is 1. The van der Waals surface area contributed by atoms with Gasteiger partial charge in [-0.15, -0.1) is 0 Å². The summed E-state index contributed by atoms with van der Waals surface area (Å²) in [5, 5.41) is 11.2. The molecular formula is C21H26N10O11P2.